The van der Waals surface area contributed by atoms with E-state index in [4.69, 9.17) is 9.62 Å². The van der Waals surface area contributed by atoms with Gasteiger partial charge in [-0.2, -0.15) is 9.40 Å². The van der Waals surface area contributed by atoms with E-state index >= 15 is 0 Å². The molecular formula is C34H38N6O4S2. The number of aryl methyl sites for hydroxylation is 1. The summed E-state index contributed by atoms with van der Waals surface area (Å²) in [4.78, 5) is 13.9. The van der Waals surface area contributed by atoms with Crippen molar-refractivity contribution in [2.75, 3.05) is 23.7 Å². The van der Waals surface area contributed by atoms with Gasteiger partial charge in [-0.15, -0.1) is 11.3 Å². The van der Waals surface area contributed by atoms with Crippen molar-refractivity contribution in [1.29, 1.82) is 0 Å². The minimum atomic E-state index is -3.57. The summed E-state index contributed by atoms with van der Waals surface area (Å²) in [5.41, 5.74) is 5.10. The number of aromatic nitrogens is 3. The maximum absolute atomic E-state index is 13.3. The summed E-state index contributed by atoms with van der Waals surface area (Å²) in [6.45, 7) is 9.24. The van der Waals surface area contributed by atoms with Crippen molar-refractivity contribution in [2.45, 2.75) is 56.6 Å². The zero-order valence-electron chi connectivity index (χ0n) is 26.4. The summed E-state index contributed by atoms with van der Waals surface area (Å²) in [5.74, 6) is 0.922. The number of hydrogen-bond donors (Lipinski definition) is 2. The van der Waals surface area contributed by atoms with Crippen molar-refractivity contribution in [2.24, 2.45) is 5.92 Å². The Labute approximate surface area is 273 Å². The number of piperidine rings is 1. The number of carbonyl (C=O) groups is 1. The second kappa shape index (κ2) is 12.9. The van der Waals surface area contributed by atoms with E-state index in [1.807, 2.05) is 61.5 Å². The van der Waals surface area contributed by atoms with Crippen LogP contribution in [0.5, 0.6) is 0 Å². The molecule has 0 bridgehead atoms. The third kappa shape index (κ3) is 7.09. The van der Waals surface area contributed by atoms with Crippen molar-refractivity contribution in [1.82, 2.24) is 19.2 Å². The minimum Gasteiger partial charge on any atom is -0.364 e. The SMILES string of the molecule is Cc1ccc(-n2nc(C(C)(C)C)cc2NC(=O)Nc2cccc(CC3CCN(S(=O)(=O)c4ccc(-c5ccon5)s4)CC3)c2)cc1. The zero-order valence-corrected chi connectivity index (χ0v) is 28.0. The topological polar surface area (TPSA) is 122 Å². The lowest BCUT2D eigenvalue weighted by Gasteiger charge is -2.31. The smallest absolute Gasteiger partial charge is 0.324 e. The van der Waals surface area contributed by atoms with E-state index in [0.29, 0.717) is 40.4 Å². The number of benzene rings is 2. The molecule has 0 saturated carbocycles. The van der Waals surface area contributed by atoms with Crippen LogP contribution in [-0.4, -0.2) is 46.8 Å². The zero-order chi connectivity index (χ0) is 32.5. The first kappa shape index (κ1) is 31.7. The quantitative estimate of drug-likeness (QED) is 0.178. The van der Waals surface area contributed by atoms with Gasteiger partial charge in [0, 0.05) is 36.3 Å². The van der Waals surface area contributed by atoms with Crippen LogP contribution in [0.3, 0.4) is 0 Å². The van der Waals surface area contributed by atoms with Gasteiger partial charge in [-0.3, -0.25) is 5.32 Å². The number of hydrogen-bond acceptors (Lipinski definition) is 7. The Balaban J connectivity index is 1.07. The Kier molecular flexibility index (Phi) is 8.86. The molecule has 1 aliphatic heterocycles. The number of nitrogens with one attached hydrogen (secondary N) is 2. The molecule has 46 heavy (non-hydrogen) atoms. The summed E-state index contributed by atoms with van der Waals surface area (Å²) < 4.78 is 35.2. The first-order valence-corrected chi connectivity index (χ1v) is 17.6. The Morgan fingerprint density at radius 1 is 1.00 bits per heavy atom. The largest absolute Gasteiger partial charge is 0.364 e. The fourth-order valence-corrected chi connectivity index (χ4v) is 8.42. The number of carbonyl (C=O) groups excluding carboxylic acids is 1. The maximum atomic E-state index is 13.3. The lowest BCUT2D eigenvalue weighted by atomic mass is 9.91. The molecule has 10 nitrogen and oxygen atoms in total. The lowest BCUT2D eigenvalue weighted by molar-refractivity contribution is 0.262. The van der Waals surface area contributed by atoms with Crippen molar-refractivity contribution in [3.8, 4) is 16.3 Å². The van der Waals surface area contributed by atoms with Gasteiger partial charge >= 0.3 is 6.03 Å². The molecular weight excluding hydrogens is 621 g/mol. The number of urea groups is 1. The van der Waals surface area contributed by atoms with Crippen LogP contribution in [0, 0.1) is 12.8 Å². The Morgan fingerprint density at radius 2 is 1.76 bits per heavy atom. The van der Waals surface area contributed by atoms with E-state index in [9.17, 15) is 13.2 Å². The molecule has 1 fully saturated rings. The Hall–Kier alpha value is -4.26. The molecule has 2 N–H and O–H groups in total. The molecule has 0 atom stereocenters. The number of anilines is 2. The molecule has 2 amide bonds. The highest BCUT2D eigenvalue weighted by atomic mass is 32.2. The molecule has 0 spiro atoms. The average molecular weight is 659 g/mol. The molecule has 0 unspecified atom stereocenters. The second-order valence-electron chi connectivity index (χ2n) is 12.7. The average Bonchev–Trinajstić information content (AvgIpc) is 3.79. The van der Waals surface area contributed by atoms with Crippen LogP contribution in [0.4, 0.5) is 16.3 Å². The summed E-state index contributed by atoms with van der Waals surface area (Å²) in [7, 11) is -3.57. The maximum Gasteiger partial charge on any atom is 0.324 e. The highest BCUT2D eigenvalue weighted by Gasteiger charge is 2.31. The molecule has 0 aliphatic carbocycles. The fraction of sp³-hybridized carbons (Fsp3) is 0.324. The number of amides is 2. The Bertz CT molecular complexity index is 1910. The highest BCUT2D eigenvalue weighted by Crippen LogP contribution is 2.34. The van der Waals surface area contributed by atoms with E-state index in [1.54, 1.807) is 27.2 Å². The normalized spacial score (nSPS) is 14.8. The van der Waals surface area contributed by atoms with Crippen molar-refractivity contribution < 1.29 is 17.7 Å². The third-order valence-electron chi connectivity index (χ3n) is 8.15. The number of sulfonamides is 1. The van der Waals surface area contributed by atoms with E-state index in [1.165, 1.54) is 17.6 Å². The molecule has 1 aliphatic rings. The Morgan fingerprint density at radius 3 is 2.46 bits per heavy atom. The first-order chi connectivity index (χ1) is 22.0. The van der Waals surface area contributed by atoms with Gasteiger partial charge in [-0.1, -0.05) is 55.8 Å². The molecule has 5 aromatic rings. The van der Waals surface area contributed by atoms with Gasteiger partial charge in [-0.25, -0.2) is 17.9 Å². The van der Waals surface area contributed by atoms with Crippen LogP contribution in [0.1, 0.15) is 50.4 Å². The highest BCUT2D eigenvalue weighted by molar-refractivity contribution is 7.91. The summed E-state index contributed by atoms with van der Waals surface area (Å²) >= 11 is 1.21. The predicted molar refractivity (Wildman–Crippen MR) is 181 cm³/mol. The number of nitrogens with zero attached hydrogens (tertiary/aromatic N) is 4. The van der Waals surface area contributed by atoms with Crippen molar-refractivity contribution in [3.63, 3.8) is 0 Å². The van der Waals surface area contributed by atoms with E-state index < -0.39 is 10.0 Å². The third-order valence-corrected chi connectivity index (χ3v) is 11.6. The summed E-state index contributed by atoms with van der Waals surface area (Å²) in [6, 6.07) is 22.5. The number of rotatable bonds is 8. The number of thiophene rings is 1. The minimum absolute atomic E-state index is 0.191. The fourth-order valence-electron chi connectivity index (χ4n) is 5.52. The molecule has 3 aromatic heterocycles. The van der Waals surface area contributed by atoms with E-state index in [-0.39, 0.29) is 11.4 Å². The van der Waals surface area contributed by atoms with Gasteiger partial charge in [-0.05, 0) is 74.1 Å². The first-order valence-electron chi connectivity index (χ1n) is 15.3. The van der Waals surface area contributed by atoms with Crippen LogP contribution < -0.4 is 10.6 Å². The summed E-state index contributed by atoms with van der Waals surface area (Å²) in [6.07, 6.45) is 3.80. The van der Waals surface area contributed by atoms with Crippen LogP contribution in [0.25, 0.3) is 16.3 Å². The van der Waals surface area contributed by atoms with Gasteiger partial charge in [0.1, 0.15) is 22.0 Å². The van der Waals surface area contributed by atoms with Crippen LogP contribution in [-0.2, 0) is 21.9 Å². The monoisotopic (exact) mass is 658 g/mol. The van der Waals surface area contributed by atoms with Crippen molar-refractivity contribution >= 4 is 38.9 Å². The van der Waals surface area contributed by atoms with Crippen LogP contribution in [0.2, 0.25) is 0 Å². The lowest BCUT2D eigenvalue weighted by Crippen LogP contribution is -2.38. The molecule has 240 valence electrons. The predicted octanol–water partition coefficient (Wildman–Crippen LogP) is 7.48. The molecule has 12 heteroatoms. The van der Waals surface area contributed by atoms with E-state index in [0.717, 1.165) is 46.6 Å². The molecule has 0 radical (unpaired) electrons. The van der Waals surface area contributed by atoms with Crippen LogP contribution >= 0.6 is 11.3 Å². The van der Waals surface area contributed by atoms with Crippen LogP contribution in [0.15, 0.2) is 87.8 Å². The molecule has 6 rings (SSSR count). The van der Waals surface area contributed by atoms with Gasteiger partial charge in [0.2, 0.25) is 0 Å². The van der Waals surface area contributed by atoms with Gasteiger partial charge in [0.15, 0.2) is 0 Å². The van der Waals surface area contributed by atoms with Gasteiger partial charge in [0.25, 0.3) is 10.0 Å². The van der Waals surface area contributed by atoms with Gasteiger partial charge < -0.3 is 9.84 Å². The molecule has 2 aromatic carbocycles. The van der Waals surface area contributed by atoms with Crippen molar-refractivity contribution in [3.05, 3.63) is 95.9 Å². The van der Waals surface area contributed by atoms with E-state index in [2.05, 4.69) is 36.6 Å². The molecule has 4 heterocycles. The standard InChI is InChI=1S/C34H38N6O4S2/c1-23-8-10-27(11-9-23)40-31(22-30(37-40)34(2,3)4)36-33(41)35-26-7-5-6-25(21-26)20-24-14-17-39(18-15-24)46(42,43)32-13-12-29(45-32)28-16-19-44-38-28/h5-13,16,19,21-22,24H,14-15,17-18,20H2,1-4H3,(H2,35,36,41). The molecule has 1 saturated heterocycles. The summed E-state index contributed by atoms with van der Waals surface area (Å²) in [5, 5.41) is 14.7. The second-order valence-corrected chi connectivity index (χ2v) is 16.0. The van der Waals surface area contributed by atoms with Gasteiger partial charge in [0.05, 0.1) is 16.3 Å².